The zero-order chi connectivity index (χ0) is 15.6. The Morgan fingerprint density at radius 1 is 1.43 bits per heavy atom. The average molecular weight is 310 g/mol. The number of benzene rings is 1. The standard InChI is InChI=1S/C14H15FN2O3S/c1-8(2)13(19)16-14-17(7-12(18)20-3)10-5-4-9(15)6-11(10)21-14/h4-6,8H,7H2,1-3H3. The van der Waals surface area contributed by atoms with Crippen molar-refractivity contribution in [1.29, 1.82) is 0 Å². The van der Waals surface area contributed by atoms with Crippen LogP contribution in [0.5, 0.6) is 0 Å². The van der Waals surface area contributed by atoms with E-state index < -0.39 is 5.97 Å². The zero-order valence-corrected chi connectivity index (χ0v) is 12.7. The third-order valence-corrected chi connectivity index (χ3v) is 3.90. The summed E-state index contributed by atoms with van der Waals surface area (Å²) in [6, 6.07) is 4.21. The van der Waals surface area contributed by atoms with Crippen molar-refractivity contribution in [1.82, 2.24) is 4.57 Å². The highest BCUT2D eigenvalue weighted by Gasteiger charge is 2.13. The fraction of sp³-hybridized carbons (Fsp3) is 0.357. The van der Waals surface area contributed by atoms with E-state index in [1.807, 2.05) is 0 Å². The van der Waals surface area contributed by atoms with Crippen molar-refractivity contribution in [3.63, 3.8) is 0 Å². The van der Waals surface area contributed by atoms with Crippen LogP contribution in [0.4, 0.5) is 4.39 Å². The first-order valence-corrected chi connectivity index (χ1v) is 7.18. The second-order valence-electron chi connectivity index (χ2n) is 4.76. The molecule has 0 radical (unpaired) electrons. The van der Waals surface area contributed by atoms with Gasteiger partial charge in [-0.2, -0.15) is 4.99 Å². The number of aromatic nitrogens is 1. The van der Waals surface area contributed by atoms with E-state index >= 15 is 0 Å². The first-order valence-electron chi connectivity index (χ1n) is 6.36. The van der Waals surface area contributed by atoms with Crippen LogP contribution in [0.15, 0.2) is 23.2 Å². The monoisotopic (exact) mass is 310 g/mol. The Morgan fingerprint density at radius 3 is 2.76 bits per heavy atom. The Labute approximate surface area is 124 Å². The summed E-state index contributed by atoms with van der Waals surface area (Å²) in [5.74, 6) is -1.38. The van der Waals surface area contributed by atoms with E-state index in [4.69, 9.17) is 0 Å². The van der Waals surface area contributed by atoms with Gasteiger partial charge in [0.25, 0.3) is 5.91 Å². The topological polar surface area (TPSA) is 60.7 Å². The maximum Gasteiger partial charge on any atom is 0.325 e. The van der Waals surface area contributed by atoms with Crippen LogP contribution < -0.4 is 4.80 Å². The molecule has 7 heteroatoms. The lowest BCUT2D eigenvalue weighted by molar-refractivity contribution is -0.141. The quantitative estimate of drug-likeness (QED) is 0.816. The predicted molar refractivity (Wildman–Crippen MR) is 77.2 cm³/mol. The number of thiazole rings is 1. The van der Waals surface area contributed by atoms with Crippen molar-refractivity contribution in [3.05, 3.63) is 28.8 Å². The summed E-state index contributed by atoms with van der Waals surface area (Å²) < 4.78 is 20.1. The van der Waals surface area contributed by atoms with Gasteiger partial charge in [-0.3, -0.25) is 9.59 Å². The fourth-order valence-corrected chi connectivity index (χ4v) is 2.76. The smallest absolute Gasteiger partial charge is 0.325 e. The van der Waals surface area contributed by atoms with E-state index in [-0.39, 0.29) is 24.2 Å². The molecule has 1 aromatic carbocycles. The fourth-order valence-electron chi connectivity index (χ4n) is 1.70. The highest BCUT2D eigenvalue weighted by Crippen LogP contribution is 2.18. The van der Waals surface area contributed by atoms with Crippen molar-refractivity contribution < 1.29 is 18.7 Å². The Balaban J connectivity index is 2.64. The van der Waals surface area contributed by atoms with Crippen LogP contribution in [-0.2, 0) is 20.9 Å². The van der Waals surface area contributed by atoms with E-state index in [9.17, 15) is 14.0 Å². The number of ether oxygens (including phenoxy) is 1. The summed E-state index contributed by atoms with van der Waals surface area (Å²) in [6.07, 6.45) is 0. The van der Waals surface area contributed by atoms with Crippen molar-refractivity contribution >= 4 is 33.4 Å². The SMILES string of the molecule is COC(=O)Cn1c(=NC(=O)C(C)C)sc2cc(F)ccc21. The molecule has 0 saturated heterocycles. The van der Waals surface area contributed by atoms with Crippen LogP contribution in [0, 0.1) is 11.7 Å². The molecule has 0 saturated carbocycles. The van der Waals surface area contributed by atoms with Crippen molar-refractivity contribution in [3.8, 4) is 0 Å². The van der Waals surface area contributed by atoms with Gasteiger partial charge in [0.15, 0.2) is 4.80 Å². The maximum absolute atomic E-state index is 13.3. The number of nitrogens with zero attached hydrogens (tertiary/aromatic N) is 2. The minimum absolute atomic E-state index is 0.0770. The number of fused-ring (bicyclic) bond motifs is 1. The molecule has 2 rings (SSSR count). The van der Waals surface area contributed by atoms with Gasteiger partial charge in [0.1, 0.15) is 12.4 Å². The summed E-state index contributed by atoms with van der Waals surface area (Å²) in [7, 11) is 1.28. The molecule has 0 atom stereocenters. The van der Waals surface area contributed by atoms with Gasteiger partial charge in [-0.15, -0.1) is 0 Å². The molecule has 1 aromatic heterocycles. The molecular weight excluding hydrogens is 295 g/mol. The van der Waals surface area contributed by atoms with Crippen LogP contribution in [0.25, 0.3) is 10.2 Å². The Morgan fingerprint density at radius 2 is 2.14 bits per heavy atom. The Kier molecular flexibility index (Phi) is 4.52. The summed E-state index contributed by atoms with van der Waals surface area (Å²) in [6.45, 7) is 3.40. The zero-order valence-electron chi connectivity index (χ0n) is 11.9. The van der Waals surface area contributed by atoms with E-state index in [1.165, 1.54) is 19.2 Å². The molecule has 0 bridgehead atoms. The molecule has 21 heavy (non-hydrogen) atoms. The Hall–Kier alpha value is -2.02. The third kappa shape index (κ3) is 3.36. The number of esters is 1. The lowest BCUT2D eigenvalue weighted by Gasteiger charge is -2.03. The summed E-state index contributed by atoms with van der Waals surface area (Å²) in [5, 5.41) is 0. The van der Waals surface area contributed by atoms with Gasteiger partial charge in [-0.25, -0.2) is 4.39 Å². The minimum atomic E-state index is -0.461. The molecular formula is C14H15FN2O3S. The van der Waals surface area contributed by atoms with E-state index in [0.29, 0.717) is 15.0 Å². The number of rotatable bonds is 3. The number of halogens is 1. The third-order valence-electron chi connectivity index (χ3n) is 2.86. The van der Waals surface area contributed by atoms with Crippen molar-refractivity contribution in [2.24, 2.45) is 10.9 Å². The van der Waals surface area contributed by atoms with Crippen LogP contribution in [-0.4, -0.2) is 23.6 Å². The van der Waals surface area contributed by atoms with E-state index in [2.05, 4.69) is 9.73 Å². The highest BCUT2D eigenvalue weighted by molar-refractivity contribution is 7.16. The maximum atomic E-state index is 13.3. The number of carbonyl (C=O) groups excluding carboxylic acids is 2. The van der Waals surface area contributed by atoms with Gasteiger partial charge >= 0.3 is 5.97 Å². The number of amides is 1. The van der Waals surface area contributed by atoms with E-state index in [1.54, 1.807) is 24.5 Å². The average Bonchev–Trinajstić information content (AvgIpc) is 2.75. The number of hydrogen-bond acceptors (Lipinski definition) is 4. The molecule has 112 valence electrons. The first kappa shape index (κ1) is 15.4. The molecule has 0 N–H and O–H groups in total. The van der Waals surface area contributed by atoms with Crippen LogP contribution in [0.2, 0.25) is 0 Å². The van der Waals surface area contributed by atoms with Crippen molar-refractivity contribution in [2.45, 2.75) is 20.4 Å². The molecule has 0 aliphatic heterocycles. The summed E-state index contributed by atoms with van der Waals surface area (Å²) in [5.41, 5.74) is 0.641. The van der Waals surface area contributed by atoms with Gasteiger partial charge in [-0.1, -0.05) is 25.2 Å². The second-order valence-corrected chi connectivity index (χ2v) is 5.77. The molecule has 0 unspecified atom stereocenters. The molecule has 1 amide bonds. The van der Waals surface area contributed by atoms with E-state index in [0.717, 1.165) is 11.3 Å². The van der Waals surface area contributed by atoms with Gasteiger partial charge < -0.3 is 9.30 Å². The first-order chi connectivity index (χ1) is 9.92. The van der Waals surface area contributed by atoms with Gasteiger partial charge in [-0.05, 0) is 18.2 Å². The van der Waals surface area contributed by atoms with Crippen molar-refractivity contribution in [2.75, 3.05) is 7.11 Å². The predicted octanol–water partition coefficient (Wildman–Crippen LogP) is 2.10. The molecule has 0 aliphatic rings. The van der Waals surface area contributed by atoms with Gasteiger partial charge in [0, 0.05) is 5.92 Å². The van der Waals surface area contributed by atoms with Gasteiger partial charge in [0.05, 0.1) is 17.3 Å². The van der Waals surface area contributed by atoms with Crippen LogP contribution in [0.1, 0.15) is 13.8 Å². The molecule has 5 nitrogen and oxygen atoms in total. The van der Waals surface area contributed by atoms with Gasteiger partial charge in [0.2, 0.25) is 0 Å². The largest absolute Gasteiger partial charge is 0.468 e. The molecule has 0 spiro atoms. The molecule has 2 aromatic rings. The lowest BCUT2D eigenvalue weighted by atomic mass is 10.2. The highest BCUT2D eigenvalue weighted by atomic mass is 32.1. The number of carbonyl (C=O) groups is 2. The summed E-state index contributed by atoms with van der Waals surface area (Å²) in [4.78, 5) is 27.7. The Bertz CT molecular complexity index is 761. The second kappa shape index (κ2) is 6.17. The molecule has 0 aliphatic carbocycles. The van der Waals surface area contributed by atoms with Crippen LogP contribution >= 0.6 is 11.3 Å². The minimum Gasteiger partial charge on any atom is -0.468 e. The molecule has 0 fully saturated rings. The molecule has 1 heterocycles. The lowest BCUT2D eigenvalue weighted by Crippen LogP contribution is -2.23. The normalized spacial score (nSPS) is 12.1. The number of hydrogen-bond donors (Lipinski definition) is 0. The number of methoxy groups -OCH3 is 1. The summed E-state index contributed by atoms with van der Waals surface area (Å²) >= 11 is 1.16. The van der Waals surface area contributed by atoms with Crippen LogP contribution in [0.3, 0.4) is 0 Å².